The van der Waals surface area contributed by atoms with Crippen molar-refractivity contribution in [2.24, 2.45) is 0 Å². The summed E-state index contributed by atoms with van der Waals surface area (Å²) in [5, 5.41) is 2.81. The molecule has 0 aromatic heterocycles. The van der Waals surface area contributed by atoms with Crippen LogP contribution in [0.5, 0.6) is 0 Å². The van der Waals surface area contributed by atoms with E-state index in [4.69, 9.17) is 0 Å². The lowest BCUT2D eigenvalue weighted by Gasteiger charge is -2.13. The number of benzene rings is 3. The molecule has 1 amide bonds. The third-order valence-corrected chi connectivity index (χ3v) is 4.82. The van der Waals surface area contributed by atoms with Gasteiger partial charge in [0, 0.05) is 11.3 Å². The van der Waals surface area contributed by atoms with E-state index < -0.39 is 18.4 Å². The van der Waals surface area contributed by atoms with Crippen molar-refractivity contribution >= 4 is 11.6 Å². The Balaban J connectivity index is 1.89. The molecule has 2 nitrogen and oxygen atoms in total. The molecule has 0 saturated carbocycles. The second-order valence-electron chi connectivity index (χ2n) is 6.94. The van der Waals surface area contributed by atoms with E-state index in [2.05, 4.69) is 5.32 Å². The van der Waals surface area contributed by atoms with Gasteiger partial charge >= 0.3 is 6.18 Å². The van der Waals surface area contributed by atoms with Crippen LogP contribution in [0.25, 0.3) is 11.1 Å². The highest BCUT2D eigenvalue weighted by Crippen LogP contribution is 2.32. The summed E-state index contributed by atoms with van der Waals surface area (Å²) in [5.41, 5.74) is 2.61. The lowest BCUT2D eigenvalue weighted by molar-refractivity contribution is -0.137. The number of hydrogen-bond acceptors (Lipinski definition) is 1. The number of rotatable bonds is 6. The standard InChI is InChI=1S/C24H21F4NO/c1-2-5-17-14-20(13-10-18(17)15-25)29-23(30)22-7-4-3-6-21(22)16-8-11-19(12-9-16)24(26,27)28/h3-4,6-14H,2,5,15H2,1H3,(H,29,30). The van der Waals surface area contributed by atoms with E-state index in [1.807, 2.05) is 6.92 Å². The summed E-state index contributed by atoms with van der Waals surface area (Å²) >= 11 is 0. The molecule has 6 heteroatoms. The van der Waals surface area contributed by atoms with Crippen molar-refractivity contribution in [2.45, 2.75) is 32.6 Å². The molecule has 0 aliphatic heterocycles. The lowest BCUT2D eigenvalue weighted by Crippen LogP contribution is -2.13. The van der Waals surface area contributed by atoms with Gasteiger partial charge in [0.25, 0.3) is 5.91 Å². The summed E-state index contributed by atoms with van der Waals surface area (Å²) in [6.07, 6.45) is -2.87. The zero-order valence-corrected chi connectivity index (χ0v) is 16.4. The van der Waals surface area contributed by atoms with Gasteiger partial charge in [-0.15, -0.1) is 0 Å². The van der Waals surface area contributed by atoms with Gasteiger partial charge in [-0.1, -0.05) is 49.7 Å². The molecule has 0 aliphatic rings. The minimum atomic E-state index is -4.42. The molecule has 0 heterocycles. The molecule has 0 saturated heterocycles. The van der Waals surface area contributed by atoms with Crippen LogP contribution in [0.4, 0.5) is 23.2 Å². The largest absolute Gasteiger partial charge is 0.416 e. The quantitative estimate of drug-likeness (QED) is 0.430. The van der Waals surface area contributed by atoms with Crippen molar-refractivity contribution in [3.63, 3.8) is 0 Å². The molecule has 0 bridgehead atoms. The number of halogens is 4. The van der Waals surface area contributed by atoms with Crippen molar-refractivity contribution < 1.29 is 22.4 Å². The Labute approximate surface area is 172 Å². The van der Waals surface area contributed by atoms with E-state index >= 15 is 0 Å². The van der Waals surface area contributed by atoms with Crippen LogP contribution >= 0.6 is 0 Å². The molecule has 30 heavy (non-hydrogen) atoms. The van der Waals surface area contributed by atoms with E-state index in [0.717, 1.165) is 24.1 Å². The van der Waals surface area contributed by atoms with Gasteiger partial charge in [0.15, 0.2) is 0 Å². The molecule has 1 N–H and O–H groups in total. The van der Waals surface area contributed by atoms with Gasteiger partial charge in [-0.05, 0) is 59.0 Å². The van der Waals surface area contributed by atoms with Crippen LogP contribution in [0, 0.1) is 0 Å². The first-order valence-electron chi connectivity index (χ1n) is 9.59. The number of nitrogens with one attached hydrogen (secondary N) is 1. The van der Waals surface area contributed by atoms with Crippen LogP contribution < -0.4 is 5.32 Å². The number of carbonyl (C=O) groups excluding carboxylic acids is 1. The lowest BCUT2D eigenvalue weighted by atomic mass is 9.98. The Morgan fingerprint density at radius 2 is 1.63 bits per heavy atom. The van der Waals surface area contributed by atoms with E-state index in [-0.39, 0.29) is 5.91 Å². The van der Waals surface area contributed by atoms with Crippen molar-refractivity contribution in [2.75, 3.05) is 5.32 Å². The number of carbonyl (C=O) groups is 1. The van der Waals surface area contributed by atoms with Gasteiger partial charge < -0.3 is 5.32 Å². The van der Waals surface area contributed by atoms with Crippen molar-refractivity contribution in [3.05, 3.63) is 89.0 Å². The first-order valence-corrected chi connectivity index (χ1v) is 9.59. The predicted molar refractivity (Wildman–Crippen MR) is 110 cm³/mol. The minimum absolute atomic E-state index is 0.337. The highest BCUT2D eigenvalue weighted by atomic mass is 19.4. The molecular formula is C24H21F4NO. The van der Waals surface area contributed by atoms with Crippen LogP contribution in [-0.4, -0.2) is 5.91 Å². The summed E-state index contributed by atoms with van der Waals surface area (Å²) in [6, 6.07) is 16.5. The highest BCUT2D eigenvalue weighted by Gasteiger charge is 2.30. The fourth-order valence-electron chi connectivity index (χ4n) is 3.31. The van der Waals surface area contributed by atoms with Gasteiger partial charge in [0.1, 0.15) is 6.67 Å². The summed E-state index contributed by atoms with van der Waals surface area (Å²) < 4.78 is 51.6. The van der Waals surface area contributed by atoms with Gasteiger partial charge in [-0.25, -0.2) is 4.39 Å². The average Bonchev–Trinajstić information content (AvgIpc) is 2.74. The monoisotopic (exact) mass is 415 g/mol. The van der Waals surface area contributed by atoms with E-state index in [1.165, 1.54) is 12.1 Å². The number of anilines is 1. The highest BCUT2D eigenvalue weighted by molar-refractivity contribution is 6.08. The van der Waals surface area contributed by atoms with Crippen molar-refractivity contribution in [1.29, 1.82) is 0 Å². The third kappa shape index (κ3) is 4.87. The molecule has 0 atom stereocenters. The maximum atomic E-state index is 13.2. The first kappa shape index (κ1) is 21.6. The van der Waals surface area contributed by atoms with E-state index in [1.54, 1.807) is 42.5 Å². The van der Waals surface area contributed by atoms with Gasteiger partial charge in [0.2, 0.25) is 0 Å². The van der Waals surface area contributed by atoms with Crippen LogP contribution in [0.15, 0.2) is 66.7 Å². The second-order valence-corrected chi connectivity index (χ2v) is 6.94. The van der Waals surface area contributed by atoms with Crippen LogP contribution in [0.3, 0.4) is 0 Å². The van der Waals surface area contributed by atoms with Gasteiger partial charge in [-0.2, -0.15) is 13.2 Å². The third-order valence-electron chi connectivity index (χ3n) is 4.82. The Kier molecular flexibility index (Phi) is 6.55. The second kappa shape index (κ2) is 9.11. The fourth-order valence-corrected chi connectivity index (χ4v) is 3.31. The average molecular weight is 415 g/mol. The predicted octanol–water partition coefficient (Wildman–Crippen LogP) is 7.05. The number of alkyl halides is 4. The molecule has 0 aliphatic carbocycles. The molecule has 0 spiro atoms. The zero-order valence-electron chi connectivity index (χ0n) is 16.4. The molecule has 0 fully saturated rings. The summed E-state index contributed by atoms with van der Waals surface area (Å²) in [4.78, 5) is 12.9. The van der Waals surface area contributed by atoms with E-state index in [0.29, 0.717) is 34.4 Å². The molecule has 0 unspecified atom stereocenters. The minimum Gasteiger partial charge on any atom is -0.322 e. The van der Waals surface area contributed by atoms with Crippen molar-refractivity contribution in [1.82, 2.24) is 0 Å². The zero-order chi connectivity index (χ0) is 21.7. The molecule has 3 aromatic rings. The SMILES string of the molecule is CCCc1cc(NC(=O)c2ccccc2-c2ccc(C(F)(F)F)cc2)ccc1CF. The maximum Gasteiger partial charge on any atom is 0.416 e. The number of amides is 1. The summed E-state index contributed by atoms with van der Waals surface area (Å²) in [7, 11) is 0. The van der Waals surface area contributed by atoms with Crippen LogP contribution in [0.1, 0.15) is 40.4 Å². The summed E-state index contributed by atoms with van der Waals surface area (Å²) in [6.45, 7) is 1.42. The normalized spacial score (nSPS) is 11.4. The molecule has 3 rings (SSSR count). The molecule has 156 valence electrons. The summed E-state index contributed by atoms with van der Waals surface area (Å²) in [5.74, 6) is -0.388. The maximum absolute atomic E-state index is 13.2. The smallest absolute Gasteiger partial charge is 0.322 e. The van der Waals surface area contributed by atoms with E-state index in [9.17, 15) is 22.4 Å². The Bertz CT molecular complexity index is 1030. The Hall–Kier alpha value is -3.15. The topological polar surface area (TPSA) is 29.1 Å². The van der Waals surface area contributed by atoms with Gasteiger partial charge in [-0.3, -0.25) is 4.79 Å². The van der Waals surface area contributed by atoms with Crippen LogP contribution in [0.2, 0.25) is 0 Å². The number of hydrogen-bond donors (Lipinski definition) is 1. The molecule has 0 radical (unpaired) electrons. The van der Waals surface area contributed by atoms with Crippen LogP contribution in [-0.2, 0) is 19.3 Å². The Morgan fingerprint density at radius 3 is 2.27 bits per heavy atom. The fraction of sp³-hybridized carbons (Fsp3) is 0.208. The first-order chi connectivity index (χ1) is 14.3. The Morgan fingerprint density at radius 1 is 0.933 bits per heavy atom. The molecule has 3 aromatic carbocycles. The van der Waals surface area contributed by atoms with Gasteiger partial charge in [0.05, 0.1) is 5.56 Å². The van der Waals surface area contributed by atoms with Crippen molar-refractivity contribution in [3.8, 4) is 11.1 Å². The molecular weight excluding hydrogens is 394 g/mol. The number of aryl methyl sites for hydroxylation is 1.